The summed E-state index contributed by atoms with van der Waals surface area (Å²) < 4.78 is 4.27. The Morgan fingerprint density at radius 2 is 2.21 bits per heavy atom. The third kappa shape index (κ3) is 2.84. The van der Waals surface area contributed by atoms with Crippen molar-refractivity contribution in [3.63, 3.8) is 0 Å². The number of nitrogens with one attached hydrogen (secondary N) is 1. The summed E-state index contributed by atoms with van der Waals surface area (Å²) in [5, 5.41) is 5.29. The van der Waals surface area contributed by atoms with E-state index in [1.54, 1.807) is 12.4 Å². The molecular weight excluding hydrogens is 276 g/mol. The third-order valence-corrected chi connectivity index (χ3v) is 5.42. The van der Waals surface area contributed by atoms with Crippen molar-refractivity contribution in [1.29, 1.82) is 0 Å². The summed E-state index contributed by atoms with van der Waals surface area (Å²) in [6.45, 7) is 0.990. The number of nitrogens with two attached hydrogens (primary N) is 1. The van der Waals surface area contributed by atoms with Crippen LogP contribution in [-0.2, 0) is 0 Å². The van der Waals surface area contributed by atoms with Crippen molar-refractivity contribution in [2.75, 3.05) is 23.3 Å². The summed E-state index contributed by atoms with van der Waals surface area (Å²) in [6, 6.07) is 3.94. The number of pyridine rings is 1. The van der Waals surface area contributed by atoms with Crippen LogP contribution >= 0.6 is 23.3 Å². The fraction of sp³-hybridized carbons (Fsp3) is 0.385. The minimum atomic E-state index is 0.595. The van der Waals surface area contributed by atoms with E-state index in [0.29, 0.717) is 11.1 Å². The highest BCUT2D eigenvalue weighted by Crippen LogP contribution is 2.37. The van der Waals surface area contributed by atoms with Crippen molar-refractivity contribution < 1.29 is 0 Å². The van der Waals surface area contributed by atoms with Crippen LogP contribution < -0.4 is 11.1 Å². The molecule has 2 aromatic rings. The predicted molar refractivity (Wildman–Crippen MR) is 83.7 cm³/mol. The predicted octanol–water partition coefficient (Wildman–Crippen LogP) is 3.09. The summed E-state index contributed by atoms with van der Waals surface area (Å²) >= 11 is 3.49. The van der Waals surface area contributed by atoms with Crippen LogP contribution in [0.1, 0.15) is 12.8 Å². The molecule has 1 aliphatic heterocycles. The topological polar surface area (TPSA) is 63.8 Å². The first-order valence-electron chi connectivity index (χ1n) is 6.35. The number of nitrogen functional groups attached to an aromatic ring is 1. The third-order valence-electron chi connectivity index (χ3n) is 3.20. The zero-order valence-corrected chi connectivity index (χ0v) is 12.1. The molecule has 3 N–H and O–H groups in total. The molecule has 2 aromatic heterocycles. The van der Waals surface area contributed by atoms with Gasteiger partial charge in [0.05, 0.1) is 5.56 Å². The highest BCUT2D eigenvalue weighted by molar-refractivity contribution is 8.00. The van der Waals surface area contributed by atoms with Crippen molar-refractivity contribution in [2.24, 2.45) is 0 Å². The molecule has 3 rings (SSSR count). The standard InChI is InChI=1S/C13H16N4S2/c14-12-11(9-3-5-15-6-4-9)13(19-17-12)16-8-10-2-1-7-18-10/h3-6,10,16H,1-2,7-8H2,(H2,14,17). The van der Waals surface area contributed by atoms with Crippen molar-refractivity contribution in [1.82, 2.24) is 9.36 Å². The Kier molecular flexibility index (Phi) is 3.89. The quantitative estimate of drug-likeness (QED) is 0.906. The Labute approximate surface area is 121 Å². The summed E-state index contributed by atoms with van der Waals surface area (Å²) in [6.07, 6.45) is 6.20. The molecule has 0 aromatic carbocycles. The molecule has 1 fully saturated rings. The van der Waals surface area contributed by atoms with E-state index in [4.69, 9.17) is 5.73 Å². The molecule has 3 heterocycles. The Hall–Kier alpha value is -1.27. The van der Waals surface area contributed by atoms with E-state index in [-0.39, 0.29) is 0 Å². The van der Waals surface area contributed by atoms with Gasteiger partial charge in [-0.1, -0.05) is 0 Å². The Bertz CT molecular complexity index is 535. The molecule has 0 saturated carbocycles. The molecule has 1 atom stereocenters. The monoisotopic (exact) mass is 292 g/mol. The SMILES string of the molecule is Nc1nsc(NCC2CCCS2)c1-c1ccncc1. The van der Waals surface area contributed by atoms with Gasteiger partial charge in [-0.25, -0.2) is 0 Å². The molecule has 100 valence electrons. The number of hydrogen-bond acceptors (Lipinski definition) is 6. The van der Waals surface area contributed by atoms with E-state index in [1.807, 2.05) is 12.1 Å². The number of aromatic nitrogens is 2. The fourth-order valence-corrected chi connectivity index (χ4v) is 4.18. The van der Waals surface area contributed by atoms with Crippen LogP contribution in [0.15, 0.2) is 24.5 Å². The zero-order valence-electron chi connectivity index (χ0n) is 10.5. The normalized spacial score (nSPS) is 18.6. The lowest BCUT2D eigenvalue weighted by molar-refractivity contribution is 0.806. The lowest BCUT2D eigenvalue weighted by Gasteiger charge is -2.11. The molecule has 19 heavy (non-hydrogen) atoms. The van der Waals surface area contributed by atoms with E-state index >= 15 is 0 Å². The average molecular weight is 292 g/mol. The molecule has 0 aliphatic carbocycles. The van der Waals surface area contributed by atoms with Gasteiger partial charge >= 0.3 is 0 Å². The van der Waals surface area contributed by atoms with Gasteiger partial charge in [-0.3, -0.25) is 4.98 Å². The highest BCUT2D eigenvalue weighted by atomic mass is 32.2. The Morgan fingerprint density at radius 1 is 1.37 bits per heavy atom. The number of hydrogen-bond donors (Lipinski definition) is 2. The van der Waals surface area contributed by atoms with Gasteiger partial charge in [0.2, 0.25) is 0 Å². The van der Waals surface area contributed by atoms with Crippen LogP contribution in [0.25, 0.3) is 11.1 Å². The van der Waals surface area contributed by atoms with Crippen LogP contribution in [0.2, 0.25) is 0 Å². The summed E-state index contributed by atoms with van der Waals surface area (Å²) in [5.74, 6) is 1.88. The lowest BCUT2D eigenvalue weighted by atomic mass is 10.1. The second-order valence-electron chi connectivity index (χ2n) is 4.52. The van der Waals surface area contributed by atoms with Gasteiger partial charge in [0.25, 0.3) is 0 Å². The number of thioether (sulfide) groups is 1. The van der Waals surface area contributed by atoms with E-state index in [2.05, 4.69) is 26.4 Å². The molecule has 1 unspecified atom stereocenters. The minimum absolute atomic E-state index is 0.595. The lowest BCUT2D eigenvalue weighted by Crippen LogP contribution is -2.13. The Balaban J connectivity index is 1.78. The second kappa shape index (κ2) is 5.79. The molecule has 6 heteroatoms. The molecule has 0 bridgehead atoms. The number of nitrogens with zero attached hydrogens (tertiary/aromatic N) is 2. The second-order valence-corrected chi connectivity index (χ2v) is 6.71. The maximum absolute atomic E-state index is 5.99. The minimum Gasteiger partial charge on any atom is -0.382 e. The van der Waals surface area contributed by atoms with E-state index in [0.717, 1.165) is 22.7 Å². The van der Waals surface area contributed by atoms with Crippen molar-refractivity contribution in [3.05, 3.63) is 24.5 Å². The van der Waals surface area contributed by atoms with Crippen molar-refractivity contribution in [3.8, 4) is 11.1 Å². The smallest absolute Gasteiger partial charge is 0.147 e. The van der Waals surface area contributed by atoms with Crippen LogP contribution in [0.3, 0.4) is 0 Å². The molecule has 0 spiro atoms. The first-order chi connectivity index (χ1) is 9.34. The van der Waals surface area contributed by atoms with E-state index in [1.165, 1.54) is 30.1 Å². The largest absolute Gasteiger partial charge is 0.382 e. The van der Waals surface area contributed by atoms with Gasteiger partial charge in [-0.15, -0.1) is 0 Å². The molecule has 4 nitrogen and oxygen atoms in total. The number of anilines is 2. The maximum atomic E-state index is 5.99. The zero-order chi connectivity index (χ0) is 13.1. The van der Waals surface area contributed by atoms with Crippen LogP contribution in [0.4, 0.5) is 10.8 Å². The van der Waals surface area contributed by atoms with Crippen molar-refractivity contribution >= 4 is 34.1 Å². The van der Waals surface area contributed by atoms with Gasteiger partial charge in [0, 0.05) is 24.2 Å². The maximum Gasteiger partial charge on any atom is 0.147 e. The van der Waals surface area contributed by atoms with Gasteiger partial charge in [-0.2, -0.15) is 16.1 Å². The highest BCUT2D eigenvalue weighted by Gasteiger charge is 2.18. The van der Waals surface area contributed by atoms with Crippen molar-refractivity contribution in [2.45, 2.75) is 18.1 Å². The van der Waals surface area contributed by atoms with Gasteiger partial charge in [-0.05, 0) is 47.8 Å². The van der Waals surface area contributed by atoms with Gasteiger partial charge in [0.15, 0.2) is 0 Å². The Morgan fingerprint density at radius 3 is 2.95 bits per heavy atom. The van der Waals surface area contributed by atoms with Crippen LogP contribution in [-0.4, -0.2) is 26.9 Å². The summed E-state index contributed by atoms with van der Waals surface area (Å²) in [4.78, 5) is 4.04. The molecular formula is C13H16N4S2. The van der Waals surface area contributed by atoms with Gasteiger partial charge in [0.1, 0.15) is 10.8 Å². The molecule has 1 aliphatic rings. The first-order valence-corrected chi connectivity index (χ1v) is 8.18. The van der Waals surface area contributed by atoms with Gasteiger partial charge < -0.3 is 11.1 Å². The average Bonchev–Trinajstić information content (AvgIpc) is 3.07. The fourth-order valence-electron chi connectivity index (χ4n) is 2.23. The first kappa shape index (κ1) is 12.7. The van der Waals surface area contributed by atoms with E-state index in [9.17, 15) is 0 Å². The summed E-state index contributed by atoms with van der Waals surface area (Å²) in [5.41, 5.74) is 8.07. The van der Waals surface area contributed by atoms with Crippen LogP contribution in [0.5, 0.6) is 0 Å². The molecule has 0 amide bonds. The number of rotatable bonds is 4. The summed E-state index contributed by atoms with van der Waals surface area (Å²) in [7, 11) is 0. The molecule has 0 radical (unpaired) electrons. The van der Waals surface area contributed by atoms with Crippen LogP contribution in [0, 0.1) is 0 Å². The molecule has 1 saturated heterocycles. The van der Waals surface area contributed by atoms with E-state index < -0.39 is 0 Å².